The molecule has 0 saturated heterocycles. The first-order valence-corrected chi connectivity index (χ1v) is 18.0. The van der Waals surface area contributed by atoms with Crippen molar-refractivity contribution in [2.75, 3.05) is 14.1 Å². The Balaban J connectivity index is 2.02. The van der Waals surface area contributed by atoms with Crippen molar-refractivity contribution in [1.29, 1.82) is 0 Å². The number of benzene rings is 2. The molecule has 0 unspecified atom stereocenters. The van der Waals surface area contributed by atoms with Gasteiger partial charge in [-0.2, -0.15) is 0 Å². The van der Waals surface area contributed by atoms with Gasteiger partial charge in [0.25, 0.3) is 0 Å². The van der Waals surface area contributed by atoms with Gasteiger partial charge in [-0.25, -0.2) is 0 Å². The highest BCUT2D eigenvalue weighted by atomic mass is 15.4. The molecule has 0 fully saturated rings. The lowest BCUT2D eigenvalue weighted by Crippen LogP contribution is -2.56. The Hall–Kier alpha value is -1.60. The largest absolute Gasteiger partial charge is 0.316 e. The van der Waals surface area contributed by atoms with Crippen LogP contribution in [0.25, 0.3) is 0 Å². The van der Waals surface area contributed by atoms with E-state index in [9.17, 15) is 0 Å². The van der Waals surface area contributed by atoms with Crippen LogP contribution in [0.15, 0.2) is 60.7 Å². The van der Waals surface area contributed by atoms with Crippen molar-refractivity contribution >= 4 is 0 Å². The van der Waals surface area contributed by atoms with Crippen molar-refractivity contribution in [2.45, 2.75) is 167 Å². The molecule has 0 aliphatic rings. The van der Waals surface area contributed by atoms with Crippen LogP contribution in [0.2, 0.25) is 0 Å². The van der Waals surface area contributed by atoms with E-state index in [0.717, 1.165) is 11.0 Å². The quantitative estimate of drug-likeness (QED) is 0.0790. The molecule has 0 amide bonds. The summed E-state index contributed by atoms with van der Waals surface area (Å²) in [5.74, 6) is 0. The molecule has 41 heavy (non-hydrogen) atoms. The summed E-state index contributed by atoms with van der Waals surface area (Å²) in [5, 5.41) is 0. The Morgan fingerprint density at radius 1 is 0.439 bits per heavy atom. The molecule has 0 aliphatic heterocycles. The molecule has 1 nitrogen and oxygen atoms in total. The fourth-order valence-electron chi connectivity index (χ4n) is 7.12. The molecular formula is C40H68N+. The zero-order valence-electron chi connectivity index (χ0n) is 28.0. The molecule has 0 aliphatic carbocycles. The monoisotopic (exact) mass is 563 g/mol. The van der Waals surface area contributed by atoms with Crippen LogP contribution in [0.1, 0.15) is 166 Å². The van der Waals surface area contributed by atoms with Crippen LogP contribution in [0.5, 0.6) is 0 Å². The predicted molar refractivity (Wildman–Crippen MR) is 183 cm³/mol. The van der Waals surface area contributed by atoms with Gasteiger partial charge in [0.15, 0.2) is 0 Å². The number of hydrogen-bond acceptors (Lipinski definition) is 0. The summed E-state index contributed by atoms with van der Waals surface area (Å²) in [4.78, 5) is 0. The second-order valence-corrected chi connectivity index (χ2v) is 13.6. The zero-order chi connectivity index (χ0) is 29.5. The lowest BCUT2D eigenvalue weighted by Gasteiger charge is -2.50. The molecule has 2 rings (SSSR count). The van der Waals surface area contributed by atoms with E-state index in [1.165, 1.54) is 147 Å². The average molecular weight is 563 g/mol. The van der Waals surface area contributed by atoms with E-state index in [4.69, 9.17) is 0 Å². The second kappa shape index (κ2) is 22.0. The van der Waals surface area contributed by atoms with Gasteiger partial charge in [-0.15, -0.1) is 0 Å². The Labute approximate surface area is 257 Å². The van der Waals surface area contributed by atoms with Crippen molar-refractivity contribution in [3.63, 3.8) is 0 Å². The molecule has 0 aromatic heterocycles. The third-order valence-corrected chi connectivity index (χ3v) is 9.78. The minimum absolute atomic E-state index is 0.164. The van der Waals surface area contributed by atoms with Crippen LogP contribution < -0.4 is 0 Å². The second-order valence-electron chi connectivity index (χ2n) is 13.6. The van der Waals surface area contributed by atoms with Crippen molar-refractivity contribution in [2.24, 2.45) is 0 Å². The van der Waals surface area contributed by atoms with Gasteiger partial charge in [0, 0.05) is 24.0 Å². The molecule has 1 heteroatoms. The van der Waals surface area contributed by atoms with E-state index in [2.05, 4.69) is 88.6 Å². The Morgan fingerprint density at radius 2 is 0.780 bits per heavy atom. The van der Waals surface area contributed by atoms with Crippen LogP contribution >= 0.6 is 0 Å². The van der Waals surface area contributed by atoms with Gasteiger partial charge in [-0.3, -0.25) is 0 Å². The number of hydrogen-bond donors (Lipinski definition) is 0. The Morgan fingerprint density at radius 3 is 1.17 bits per heavy atom. The van der Waals surface area contributed by atoms with Gasteiger partial charge in [0.1, 0.15) is 12.1 Å². The highest BCUT2D eigenvalue weighted by molar-refractivity contribution is 5.23. The first kappa shape index (κ1) is 35.6. The summed E-state index contributed by atoms with van der Waals surface area (Å²) in [7, 11) is 5.04. The van der Waals surface area contributed by atoms with Gasteiger partial charge in [0.05, 0.1) is 14.1 Å². The van der Waals surface area contributed by atoms with E-state index in [0.29, 0.717) is 0 Å². The molecule has 0 spiro atoms. The molecule has 0 heterocycles. The standard InChI is InChI=1S/C40H68N/c1-5-7-9-11-13-15-17-19-21-29-35-40(39-33-27-24-28-34-39,41(3,4)37-38-31-25-23-26-32-38)36-30-22-20-18-16-14-12-10-8-6-2/h23-28,31-34H,5-22,29-30,35-37H2,1-4H3/q+1. The normalized spacial score (nSPS) is 12.2. The summed E-state index contributed by atoms with van der Waals surface area (Å²) in [5.41, 5.74) is 3.19. The minimum atomic E-state index is 0.164. The molecule has 0 atom stereocenters. The summed E-state index contributed by atoms with van der Waals surface area (Å²) in [6.45, 7) is 5.71. The summed E-state index contributed by atoms with van der Waals surface area (Å²) >= 11 is 0. The maximum Gasteiger partial charge on any atom is 0.125 e. The first-order valence-electron chi connectivity index (χ1n) is 18.0. The Kier molecular flexibility index (Phi) is 19.1. The highest BCUT2D eigenvalue weighted by Crippen LogP contribution is 2.43. The maximum absolute atomic E-state index is 2.52. The molecular weight excluding hydrogens is 494 g/mol. The minimum Gasteiger partial charge on any atom is -0.316 e. The smallest absolute Gasteiger partial charge is 0.125 e. The summed E-state index contributed by atoms with van der Waals surface area (Å²) in [6.07, 6.45) is 30.7. The summed E-state index contributed by atoms with van der Waals surface area (Å²) in [6, 6.07) is 22.9. The topological polar surface area (TPSA) is 0 Å². The van der Waals surface area contributed by atoms with Crippen LogP contribution in [-0.2, 0) is 12.1 Å². The maximum atomic E-state index is 2.52. The van der Waals surface area contributed by atoms with E-state index < -0.39 is 0 Å². The van der Waals surface area contributed by atoms with Gasteiger partial charge in [-0.05, 0) is 12.8 Å². The van der Waals surface area contributed by atoms with Crippen LogP contribution in [0, 0.1) is 0 Å². The lowest BCUT2D eigenvalue weighted by atomic mass is 9.77. The summed E-state index contributed by atoms with van der Waals surface area (Å²) < 4.78 is 1.04. The highest BCUT2D eigenvalue weighted by Gasteiger charge is 2.46. The molecule has 0 bridgehead atoms. The zero-order valence-corrected chi connectivity index (χ0v) is 28.0. The van der Waals surface area contributed by atoms with Gasteiger partial charge in [0.2, 0.25) is 0 Å². The Bertz CT molecular complexity index is 816. The van der Waals surface area contributed by atoms with Crippen LogP contribution in [0.4, 0.5) is 0 Å². The fourth-order valence-corrected chi connectivity index (χ4v) is 7.12. The van der Waals surface area contributed by atoms with Crippen molar-refractivity contribution in [1.82, 2.24) is 0 Å². The van der Waals surface area contributed by atoms with Gasteiger partial charge in [-0.1, -0.05) is 190 Å². The average Bonchev–Trinajstić information content (AvgIpc) is 2.98. The first-order chi connectivity index (χ1) is 20.1. The predicted octanol–water partition coefficient (Wildman–Crippen LogP) is 12.8. The third kappa shape index (κ3) is 13.9. The molecule has 0 radical (unpaired) electrons. The molecule has 2 aromatic rings. The van der Waals surface area contributed by atoms with Crippen molar-refractivity contribution < 1.29 is 4.48 Å². The number of rotatable bonds is 26. The number of quaternary nitrogens is 1. The van der Waals surface area contributed by atoms with Gasteiger partial charge >= 0.3 is 0 Å². The van der Waals surface area contributed by atoms with E-state index in [-0.39, 0.29) is 5.54 Å². The number of nitrogens with zero attached hydrogens (tertiary/aromatic N) is 1. The van der Waals surface area contributed by atoms with Crippen LogP contribution in [0.3, 0.4) is 0 Å². The van der Waals surface area contributed by atoms with Crippen molar-refractivity contribution in [3.05, 3.63) is 71.8 Å². The fraction of sp³-hybridized carbons (Fsp3) is 0.700. The van der Waals surface area contributed by atoms with Crippen molar-refractivity contribution in [3.8, 4) is 0 Å². The van der Waals surface area contributed by atoms with E-state index in [1.54, 1.807) is 5.56 Å². The van der Waals surface area contributed by atoms with E-state index >= 15 is 0 Å². The van der Waals surface area contributed by atoms with Gasteiger partial charge < -0.3 is 4.48 Å². The van der Waals surface area contributed by atoms with Crippen LogP contribution in [-0.4, -0.2) is 18.6 Å². The molecule has 232 valence electrons. The van der Waals surface area contributed by atoms with E-state index in [1.807, 2.05) is 0 Å². The third-order valence-electron chi connectivity index (χ3n) is 9.78. The molecule has 0 saturated carbocycles. The molecule has 0 N–H and O–H groups in total. The lowest BCUT2D eigenvalue weighted by molar-refractivity contribution is -0.963. The SMILES string of the molecule is CCCCCCCCCCCCC(CCCCCCCCCCCC)(c1ccccc1)[N+](C)(C)Cc1ccccc1. The molecule has 2 aromatic carbocycles. The number of unbranched alkanes of at least 4 members (excludes halogenated alkanes) is 18.